The molecule has 0 spiro atoms. The van der Waals surface area contributed by atoms with Crippen LogP contribution in [0.4, 0.5) is 0 Å². The van der Waals surface area contributed by atoms with E-state index in [1.54, 1.807) is 0 Å². The number of aliphatic hydroxyl groups is 2. The van der Waals surface area contributed by atoms with Crippen molar-refractivity contribution in [1.82, 2.24) is 5.32 Å². The Labute approximate surface area is 346 Å². The molecule has 2 unspecified atom stereocenters. The number of nitrogens with one attached hydrogen (secondary N) is 1. The first-order chi connectivity index (χ1) is 27.7. The van der Waals surface area contributed by atoms with E-state index in [2.05, 4.69) is 141 Å². The standard InChI is InChI=1S/C52H85NO3/c1-3-5-7-9-10-11-12-13-14-15-16-17-18-19-20-21-22-23-24-25-26-27-28-29-30-31-32-33-34-35-36-37-38-39-40-41-42-44-46-48-52(56)53-50(49-54)51(55)47-45-43-8-6-4-2/h5,7,10-11,13-14,16-17,19-20,22-23,25-26,28-29,31-32,34-35,50-51,54-55H,3-4,6,8-9,12,15,18,21,24,27,30,33,36-49H2,1-2H3,(H,53,56)/b7-5-,11-10-,14-13-,17-16-,20-19-,23-22-,26-25-,29-28-,32-31-,35-34-. The van der Waals surface area contributed by atoms with Gasteiger partial charge in [-0.2, -0.15) is 0 Å². The fourth-order valence-corrected chi connectivity index (χ4v) is 6.03. The topological polar surface area (TPSA) is 69.6 Å². The zero-order valence-corrected chi connectivity index (χ0v) is 36.1. The highest BCUT2D eigenvalue weighted by atomic mass is 16.3. The van der Waals surface area contributed by atoms with Crippen LogP contribution in [0.2, 0.25) is 0 Å². The summed E-state index contributed by atoms with van der Waals surface area (Å²) >= 11 is 0. The second kappa shape index (κ2) is 46.2. The largest absolute Gasteiger partial charge is 0.394 e. The predicted molar refractivity (Wildman–Crippen MR) is 248 cm³/mol. The molecule has 2 atom stereocenters. The van der Waals surface area contributed by atoms with Crippen LogP contribution >= 0.6 is 0 Å². The van der Waals surface area contributed by atoms with Gasteiger partial charge in [0.15, 0.2) is 0 Å². The number of amides is 1. The van der Waals surface area contributed by atoms with Crippen molar-refractivity contribution >= 4 is 5.91 Å². The first-order valence-electron chi connectivity index (χ1n) is 22.7. The van der Waals surface area contributed by atoms with Gasteiger partial charge in [0.05, 0.1) is 18.8 Å². The van der Waals surface area contributed by atoms with Crippen molar-refractivity contribution in [3.63, 3.8) is 0 Å². The number of unbranched alkanes of at least 4 members (excludes halogenated alkanes) is 12. The number of carbonyl (C=O) groups is 1. The van der Waals surface area contributed by atoms with E-state index in [9.17, 15) is 15.0 Å². The molecule has 0 aromatic heterocycles. The van der Waals surface area contributed by atoms with Gasteiger partial charge in [0, 0.05) is 6.42 Å². The molecule has 0 radical (unpaired) electrons. The summed E-state index contributed by atoms with van der Waals surface area (Å²) in [6, 6.07) is -0.544. The Kier molecular flexibility index (Phi) is 43.5. The number of rotatable bonds is 39. The van der Waals surface area contributed by atoms with E-state index in [4.69, 9.17) is 0 Å². The van der Waals surface area contributed by atoms with Crippen LogP contribution in [0.15, 0.2) is 122 Å². The third-order valence-corrected chi connectivity index (χ3v) is 9.49. The van der Waals surface area contributed by atoms with Crippen LogP contribution in [0.5, 0.6) is 0 Å². The fraction of sp³-hybridized carbons (Fsp3) is 0.596. The maximum atomic E-state index is 12.3. The van der Waals surface area contributed by atoms with E-state index in [-0.39, 0.29) is 12.5 Å². The molecule has 0 heterocycles. The third-order valence-electron chi connectivity index (χ3n) is 9.49. The lowest BCUT2D eigenvalue weighted by Gasteiger charge is -2.22. The van der Waals surface area contributed by atoms with Gasteiger partial charge < -0.3 is 15.5 Å². The molecule has 0 bridgehead atoms. The first kappa shape index (κ1) is 52.8. The summed E-state index contributed by atoms with van der Waals surface area (Å²) in [5, 5.41) is 22.8. The van der Waals surface area contributed by atoms with E-state index in [0.29, 0.717) is 12.8 Å². The smallest absolute Gasteiger partial charge is 0.220 e. The van der Waals surface area contributed by atoms with Crippen molar-refractivity contribution in [2.75, 3.05) is 6.61 Å². The van der Waals surface area contributed by atoms with Crippen LogP contribution in [-0.4, -0.2) is 34.9 Å². The Bertz CT molecular complexity index is 1150. The van der Waals surface area contributed by atoms with Crippen molar-refractivity contribution < 1.29 is 15.0 Å². The summed E-state index contributed by atoms with van der Waals surface area (Å²) in [7, 11) is 0. The Hall–Kier alpha value is -3.21. The van der Waals surface area contributed by atoms with Crippen LogP contribution in [0.1, 0.15) is 181 Å². The first-order valence-corrected chi connectivity index (χ1v) is 22.7. The van der Waals surface area contributed by atoms with Crippen molar-refractivity contribution in [2.24, 2.45) is 0 Å². The highest BCUT2D eigenvalue weighted by Crippen LogP contribution is 2.13. The molecule has 3 N–H and O–H groups in total. The van der Waals surface area contributed by atoms with E-state index in [1.807, 2.05) is 0 Å². The summed E-state index contributed by atoms with van der Waals surface area (Å²) in [5.74, 6) is -0.0539. The molecule has 0 aromatic rings. The predicted octanol–water partition coefficient (Wildman–Crippen LogP) is 14.6. The number of aliphatic hydroxyl groups excluding tert-OH is 2. The molecule has 0 fully saturated rings. The molecule has 0 rings (SSSR count). The van der Waals surface area contributed by atoms with Crippen LogP contribution in [-0.2, 0) is 4.79 Å². The molecule has 4 nitrogen and oxygen atoms in total. The highest BCUT2D eigenvalue weighted by molar-refractivity contribution is 5.76. The van der Waals surface area contributed by atoms with Gasteiger partial charge in [-0.3, -0.25) is 4.79 Å². The molecule has 316 valence electrons. The van der Waals surface area contributed by atoms with Crippen molar-refractivity contribution in [3.8, 4) is 0 Å². The average molecular weight is 772 g/mol. The van der Waals surface area contributed by atoms with Gasteiger partial charge in [-0.1, -0.05) is 206 Å². The second-order valence-corrected chi connectivity index (χ2v) is 14.7. The van der Waals surface area contributed by atoms with Gasteiger partial charge in [-0.25, -0.2) is 0 Å². The molecule has 0 aliphatic rings. The Morgan fingerprint density at radius 3 is 1.18 bits per heavy atom. The lowest BCUT2D eigenvalue weighted by atomic mass is 10.0. The maximum absolute atomic E-state index is 12.3. The molecule has 4 heteroatoms. The summed E-state index contributed by atoms with van der Waals surface area (Å²) in [4.78, 5) is 12.3. The molecule has 0 aliphatic heterocycles. The van der Waals surface area contributed by atoms with Gasteiger partial charge in [-0.15, -0.1) is 0 Å². The molecule has 0 saturated heterocycles. The molecule has 0 aliphatic carbocycles. The fourth-order valence-electron chi connectivity index (χ4n) is 6.03. The quantitative estimate of drug-likeness (QED) is 0.0430. The summed E-state index contributed by atoms with van der Waals surface area (Å²) in [6.45, 7) is 4.14. The maximum Gasteiger partial charge on any atom is 0.220 e. The Morgan fingerprint density at radius 2 is 0.786 bits per heavy atom. The summed E-state index contributed by atoms with van der Waals surface area (Å²) < 4.78 is 0. The monoisotopic (exact) mass is 772 g/mol. The van der Waals surface area contributed by atoms with Gasteiger partial charge in [0.2, 0.25) is 5.91 Å². The molecule has 1 amide bonds. The molecular weight excluding hydrogens is 687 g/mol. The van der Waals surface area contributed by atoms with Crippen LogP contribution in [0.3, 0.4) is 0 Å². The van der Waals surface area contributed by atoms with Crippen molar-refractivity contribution in [3.05, 3.63) is 122 Å². The second-order valence-electron chi connectivity index (χ2n) is 14.7. The van der Waals surface area contributed by atoms with E-state index in [1.165, 1.54) is 57.8 Å². The minimum Gasteiger partial charge on any atom is -0.394 e. The van der Waals surface area contributed by atoms with E-state index < -0.39 is 12.1 Å². The number of carbonyl (C=O) groups excluding carboxylic acids is 1. The molecular formula is C52H85NO3. The average Bonchev–Trinajstić information content (AvgIpc) is 3.20. The van der Waals surface area contributed by atoms with Crippen molar-refractivity contribution in [2.45, 2.75) is 193 Å². The Morgan fingerprint density at radius 1 is 0.446 bits per heavy atom. The van der Waals surface area contributed by atoms with Gasteiger partial charge in [0.25, 0.3) is 0 Å². The van der Waals surface area contributed by atoms with Gasteiger partial charge in [0.1, 0.15) is 0 Å². The van der Waals surface area contributed by atoms with Crippen LogP contribution in [0, 0.1) is 0 Å². The van der Waals surface area contributed by atoms with Crippen LogP contribution in [0.25, 0.3) is 0 Å². The number of hydrogen-bond donors (Lipinski definition) is 3. The van der Waals surface area contributed by atoms with Crippen molar-refractivity contribution in [1.29, 1.82) is 0 Å². The molecule has 56 heavy (non-hydrogen) atoms. The number of hydrogen-bond acceptors (Lipinski definition) is 3. The zero-order chi connectivity index (χ0) is 40.7. The minimum absolute atomic E-state index is 0.0539. The van der Waals surface area contributed by atoms with Gasteiger partial charge >= 0.3 is 0 Å². The zero-order valence-electron chi connectivity index (χ0n) is 36.1. The summed E-state index contributed by atoms with van der Waals surface area (Å²) in [6.07, 6.45) is 71.7. The van der Waals surface area contributed by atoms with Crippen LogP contribution < -0.4 is 5.32 Å². The van der Waals surface area contributed by atoms with Gasteiger partial charge in [-0.05, 0) is 89.9 Å². The highest BCUT2D eigenvalue weighted by Gasteiger charge is 2.19. The summed E-state index contributed by atoms with van der Waals surface area (Å²) in [5.41, 5.74) is 0. The minimum atomic E-state index is -0.666. The molecule has 0 saturated carbocycles. The number of allylic oxidation sites excluding steroid dienone is 20. The Balaban J connectivity index is 3.61. The van der Waals surface area contributed by atoms with E-state index in [0.717, 1.165) is 96.3 Å². The third kappa shape index (κ3) is 41.9. The SMILES string of the molecule is CC/C=C\C/C=C\C/C=C\C/C=C\C/C=C\C/C=C\C/C=C\C/C=C\C/C=C\C/C=C\CCCCCCCCCCC(=O)NC(CO)C(O)CCCCCCC. The normalized spacial score (nSPS) is 14.1. The molecule has 0 aromatic carbocycles. The van der Waals surface area contributed by atoms with E-state index >= 15 is 0 Å². The lowest BCUT2D eigenvalue weighted by Crippen LogP contribution is -2.45. The lowest BCUT2D eigenvalue weighted by molar-refractivity contribution is -0.123.